The summed E-state index contributed by atoms with van der Waals surface area (Å²) in [6.45, 7) is 7.41. The van der Waals surface area contributed by atoms with Crippen LogP contribution in [-0.4, -0.2) is 74.4 Å². The number of ether oxygens (including phenoxy) is 1. The van der Waals surface area contributed by atoms with Gasteiger partial charge in [0.25, 0.3) is 0 Å². The van der Waals surface area contributed by atoms with Crippen molar-refractivity contribution in [3.05, 3.63) is 0 Å². The molecule has 1 N–H and O–H groups in total. The molecule has 16 heavy (non-hydrogen) atoms. The van der Waals surface area contributed by atoms with Gasteiger partial charge in [0.2, 0.25) is 0 Å². The molecule has 0 bridgehead atoms. The minimum absolute atomic E-state index is 0.545. The zero-order valence-electron chi connectivity index (χ0n) is 10.2. The van der Waals surface area contributed by atoms with Crippen LogP contribution in [0.25, 0.3) is 0 Å². The van der Waals surface area contributed by atoms with E-state index < -0.39 is 0 Å². The van der Waals surface area contributed by atoms with Gasteiger partial charge in [-0.05, 0) is 12.8 Å². The largest absolute Gasteiger partial charge is 0.381 e. The van der Waals surface area contributed by atoms with Crippen LogP contribution in [0.2, 0.25) is 0 Å². The molecule has 4 nitrogen and oxygen atoms in total. The van der Waals surface area contributed by atoms with Crippen molar-refractivity contribution < 1.29 is 4.74 Å². The lowest BCUT2D eigenvalue weighted by Gasteiger charge is -2.53. The van der Waals surface area contributed by atoms with Crippen LogP contribution in [0.5, 0.6) is 0 Å². The molecule has 92 valence electrons. The van der Waals surface area contributed by atoms with Gasteiger partial charge in [-0.25, -0.2) is 0 Å². The summed E-state index contributed by atoms with van der Waals surface area (Å²) in [5.41, 5.74) is 0. The molecule has 4 heteroatoms. The van der Waals surface area contributed by atoms with Gasteiger partial charge in [-0.2, -0.15) is 0 Å². The molecular formula is C12H23N3O. The molecule has 0 spiro atoms. The van der Waals surface area contributed by atoms with Gasteiger partial charge in [0, 0.05) is 58.5 Å². The number of hydrogen-bond donors (Lipinski definition) is 1. The lowest BCUT2D eigenvalue weighted by molar-refractivity contribution is -0.0770. The van der Waals surface area contributed by atoms with Crippen LogP contribution in [-0.2, 0) is 4.74 Å². The van der Waals surface area contributed by atoms with Crippen molar-refractivity contribution in [2.45, 2.75) is 31.0 Å². The Kier molecular flexibility index (Phi) is 3.16. The Hall–Kier alpha value is -0.160. The van der Waals surface area contributed by atoms with Gasteiger partial charge in [-0.3, -0.25) is 9.80 Å². The zero-order valence-corrected chi connectivity index (χ0v) is 10.2. The van der Waals surface area contributed by atoms with Crippen LogP contribution >= 0.6 is 0 Å². The molecule has 1 aliphatic carbocycles. The second kappa shape index (κ2) is 4.61. The first-order valence-electron chi connectivity index (χ1n) is 6.58. The number of rotatable bonds is 3. The molecule has 1 saturated carbocycles. The lowest BCUT2D eigenvalue weighted by Crippen LogP contribution is -2.66. The molecule has 0 aromatic carbocycles. The number of likely N-dealkylation sites (tertiary alicyclic amines) is 1. The number of hydrogen-bond acceptors (Lipinski definition) is 4. The van der Waals surface area contributed by atoms with E-state index in [0.29, 0.717) is 6.10 Å². The van der Waals surface area contributed by atoms with E-state index in [1.807, 2.05) is 7.11 Å². The summed E-state index contributed by atoms with van der Waals surface area (Å²) in [7, 11) is 1.83. The summed E-state index contributed by atoms with van der Waals surface area (Å²) < 4.78 is 5.33. The molecular weight excluding hydrogens is 202 g/mol. The van der Waals surface area contributed by atoms with Crippen LogP contribution in [0.4, 0.5) is 0 Å². The second-order valence-corrected chi connectivity index (χ2v) is 5.38. The van der Waals surface area contributed by atoms with E-state index >= 15 is 0 Å². The maximum Gasteiger partial charge on any atom is 0.0601 e. The standard InChI is InChI=1S/C12H23N3O/c1-16-12-6-10(7-12)15-8-11(9-15)14-4-2-13-3-5-14/h10-13H,2-9H2,1H3. The highest BCUT2D eigenvalue weighted by molar-refractivity contribution is 4.98. The molecule has 0 aromatic heterocycles. The van der Waals surface area contributed by atoms with E-state index in [1.54, 1.807) is 0 Å². The van der Waals surface area contributed by atoms with Gasteiger partial charge in [-0.1, -0.05) is 0 Å². The third kappa shape index (κ3) is 1.99. The summed E-state index contributed by atoms with van der Waals surface area (Å²) in [5, 5.41) is 3.42. The van der Waals surface area contributed by atoms with Crippen molar-refractivity contribution in [3.8, 4) is 0 Å². The predicted molar refractivity (Wildman–Crippen MR) is 63.6 cm³/mol. The van der Waals surface area contributed by atoms with Gasteiger partial charge < -0.3 is 10.1 Å². The molecule has 0 atom stereocenters. The van der Waals surface area contributed by atoms with Gasteiger partial charge in [-0.15, -0.1) is 0 Å². The summed E-state index contributed by atoms with van der Waals surface area (Å²) in [6, 6.07) is 1.66. The topological polar surface area (TPSA) is 27.7 Å². The van der Waals surface area contributed by atoms with Crippen LogP contribution in [0.1, 0.15) is 12.8 Å². The molecule has 3 aliphatic rings. The fraction of sp³-hybridized carbons (Fsp3) is 1.00. The van der Waals surface area contributed by atoms with Crippen molar-refractivity contribution in [2.75, 3.05) is 46.4 Å². The Balaban J connectivity index is 1.38. The van der Waals surface area contributed by atoms with Crippen molar-refractivity contribution >= 4 is 0 Å². The average Bonchev–Trinajstić information content (AvgIpc) is 2.21. The molecule has 0 amide bonds. The fourth-order valence-corrected chi connectivity index (χ4v) is 3.09. The summed E-state index contributed by atoms with van der Waals surface area (Å²) in [4.78, 5) is 5.29. The molecule has 2 heterocycles. The second-order valence-electron chi connectivity index (χ2n) is 5.38. The summed E-state index contributed by atoms with van der Waals surface area (Å²) in [5.74, 6) is 0. The summed E-state index contributed by atoms with van der Waals surface area (Å²) in [6.07, 6.45) is 3.05. The molecule has 3 fully saturated rings. The maximum absolute atomic E-state index is 5.33. The predicted octanol–water partition coefficient (Wildman–Crippen LogP) is -0.247. The summed E-state index contributed by atoms with van der Waals surface area (Å²) >= 11 is 0. The van der Waals surface area contributed by atoms with Gasteiger partial charge in [0.05, 0.1) is 6.10 Å². The van der Waals surface area contributed by atoms with Crippen molar-refractivity contribution in [1.29, 1.82) is 0 Å². The van der Waals surface area contributed by atoms with E-state index in [1.165, 1.54) is 52.1 Å². The molecule has 2 aliphatic heterocycles. The number of nitrogens with one attached hydrogen (secondary N) is 1. The first-order chi connectivity index (χ1) is 7.86. The first-order valence-corrected chi connectivity index (χ1v) is 6.58. The van der Waals surface area contributed by atoms with Gasteiger partial charge >= 0.3 is 0 Å². The molecule has 0 radical (unpaired) electrons. The maximum atomic E-state index is 5.33. The Bertz CT molecular complexity index is 230. The highest BCUT2D eigenvalue weighted by Crippen LogP contribution is 2.32. The third-order valence-corrected chi connectivity index (χ3v) is 4.48. The number of nitrogens with zero attached hydrogens (tertiary/aromatic N) is 2. The van der Waals surface area contributed by atoms with Crippen LogP contribution < -0.4 is 5.32 Å². The zero-order chi connectivity index (χ0) is 11.0. The van der Waals surface area contributed by atoms with E-state index in [-0.39, 0.29) is 0 Å². The molecule has 0 unspecified atom stereocenters. The Morgan fingerprint density at radius 3 is 2.31 bits per heavy atom. The fourth-order valence-electron chi connectivity index (χ4n) is 3.09. The monoisotopic (exact) mass is 225 g/mol. The van der Waals surface area contributed by atoms with Crippen LogP contribution in [0, 0.1) is 0 Å². The van der Waals surface area contributed by atoms with Crippen molar-refractivity contribution in [2.24, 2.45) is 0 Å². The van der Waals surface area contributed by atoms with Crippen LogP contribution in [0.3, 0.4) is 0 Å². The van der Waals surface area contributed by atoms with Gasteiger partial charge in [0.15, 0.2) is 0 Å². The van der Waals surface area contributed by atoms with Crippen LogP contribution in [0.15, 0.2) is 0 Å². The number of piperazine rings is 1. The molecule has 2 saturated heterocycles. The Morgan fingerprint density at radius 1 is 1.00 bits per heavy atom. The number of methoxy groups -OCH3 is 1. The van der Waals surface area contributed by atoms with Crippen molar-refractivity contribution in [1.82, 2.24) is 15.1 Å². The lowest BCUT2D eigenvalue weighted by atomic mass is 9.85. The average molecular weight is 225 g/mol. The molecule has 3 rings (SSSR count). The normalized spacial score (nSPS) is 38.1. The van der Waals surface area contributed by atoms with Crippen molar-refractivity contribution in [3.63, 3.8) is 0 Å². The SMILES string of the molecule is COC1CC(N2CC(N3CCNCC3)C2)C1. The smallest absolute Gasteiger partial charge is 0.0601 e. The highest BCUT2D eigenvalue weighted by atomic mass is 16.5. The molecule has 0 aromatic rings. The Morgan fingerprint density at radius 2 is 1.69 bits per heavy atom. The van der Waals surface area contributed by atoms with Gasteiger partial charge in [0.1, 0.15) is 0 Å². The van der Waals surface area contributed by atoms with E-state index in [0.717, 1.165) is 12.1 Å². The van der Waals surface area contributed by atoms with E-state index in [9.17, 15) is 0 Å². The van der Waals surface area contributed by atoms with E-state index in [4.69, 9.17) is 4.74 Å². The van der Waals surface area contributed by atoms with E-state index in [2.05, 4.69) is 15.1 Å². The minimum Gasteiger partial charge on any atom is -0.381 e. The first kappa shape index (κ1) is 11.0. The quantitative estimate of drug-likeness (QED) is 0.717. The Labute approximate surface area is 97.9 Å². The third-order valence-electron chi connectivity index (χ3n) is 4.48. The highest BCUT2D eigenvalue weighted by Gasteiger charge is 2.41. The minimum atomic E-state index is 0.545.